The second-order valence-corrected chi connectivity index (χ2v) is 2.24. The van der Waals surface area contributed by atoms with Gasteiger partial charge in [-0.25, -0.2) is 0 Å². The Morgan fingerprint density at radius 1 is 1.00 bits per heavy atom. The predicted molar refractivity (Wildman–Crippen MR) is 38.0 cm³/mol. The first-order chi connectivity index (χ1) is 4.35. The first-order valence-corrected chi connectivity index (χ1v) is 3.24. The summed E-state index contributed by atoms with van der Waals surface area (Å²) in [5.41, 5.74) is 0. The van der Waals surface area contributed by atoms with E-state index in [0.717, 1.165) is 0 Å². The van der Waals surface area contributed by atoms with Crippen LogP contribution in [0.2, 0.25) is 0 Å². The number of rotatable bonds is 3. The molecule has 1 radical (unpaired) electrons. The van der Waals surface area contributed by atoms with E-state index >= 15 is 0 Å². The lowest BCUT2D eigenvalue weighted by Crippen LogP contribution is -2.21. The zero-order valence-electron chi connectivity index (χ0n) is 6.15. The summed E-state index contributed by atoms with van der Waals surface area (Å²) in [5.74, 6) is 0. The predicted octanol–water partition coefficient (Wildman–Crippen LogP) is -1.07. The Bertz CT molecular complexity index is 69.3. The van der Waals surface area contributed by atoms with Crippen LogP contribution < -0.4 is 16.0 Å². The van der Waals surface area contributed by atoms with Gasteiger partial charge in [-0.3, -0.25) is 0 Å². The normalized spacial score (nSPS) is 35.0. The minimum Gasteiger partial charge on any atom is -0.314 e. The number of hydrogen-bond donors (Lipinski definition) is 3. The largest absolute Gasteiger partial charge is 0.314 e. The van der Waals surface area contributed by atoms with Gasteiger partial charge in [0.25, 0.3) is 0 Å². The number of hydrogen-bond acceptors (Lipinski definition) is 3. The van der Waals surface area contributed by atoms with Crippen LogP contribution in [0.4, 0.5) is 0 Å². The van der Waals surface area contributed by atoms with Crippen LogP contribution >= 0.6 is 0 Å². The summed E-state index contributed by atoms with van der Waals surface area (Å²) in [6, 6.07) is 2.44. The van der Waals surface area contributed by atoms with Crippen LogP contribution in [-0.4, -0.2) is 33.2 Å². The van der Waals surface area contributed by atoms with Crippen LogP contribution in [-0.2, 0) is 0 Å². The van der Waals surface area contributed by atoms with Crippen molar-refractivity contribution in [2.24, 2.45) is 0 Å². The van der Waals surface area contributed by atoms with E-state index in [2.05, 4.69) is 16.0 Å². The number of nitrogens with one attached hydrogen (secondary N) is 3. The zero-order chi connectivity index (χ0) is 6.85. The molecule has 3 N–H and O–H groups in total. The lowest BCUT2D eigenvalue weighted by Gasteiger charge is -1.90. The molecule has 2 unspecified atom stereocenters. The molecule has 0 bridgehead atoms. The molecule has 0 heterocycles. The maximum atomic E-state index is 3.18. The molecule has 2 atom stereocenters. The minimum atomic E-state index is 0.542. The second kappa shape index (κ2) is 2.64. The Morgan fingerprint density at radius 2 is 1.44 bits per heavy atom. The minimum absolute atomic E-state index is 0.542. The van der Waals surface area contributed by atoms with Crippen LogP contribution in [0.1, 0.15) is 0 Å². The Balaban J connectivity index is 2.26. The first-order valence-electron chi connectivity index (χ1n) is 3.24. The van der Waals surface area contributed by atoms with Crippen molar-refractivity contribution in [3.05, 3.63) is 6.04 Å². The maximum Gasteiger partial charge on any atom is 0.0735 e. The van der Waals surface area contributed by atoms with Gasteiger partial charge in [0.2, 0.25) is 0 Å². The van der Waals surface area contributed by atoms with Gasteiger partial charge < -0.3 is 16.0 Å². The molecule has 0 aromatic carbocycles. The van der Waals surface area contributed by atoms with Gasteiger partial charge in [-0.1, -0.05) is 0 Å². The first kappa shape index (κ1) is 6.99. The highest BCUT2D eigenvalue weighted by Gasteiger charge is 2.48. The molecule has 0 aromatic heterocycles. The maximum absolute atomic E-state index is 3.18. The molecule has 0 aromatic rings. The van der Waals surface area contributed by atoms with Crippen molar-refractivity contribution in [2.45, 2.75) is 12.1 Å². The Hall–Kier alpha value is -0.120. The molecule has 3 nitrogen and oxygen atoms in total. The van der Waals surface area contributed by atoms with Gasteiger partial charge in [0.1, 0.15) is 0 Å². The Kier molecular flexibility index (Phi) is 2.05. The van der Waals surface area contributed by atoms with Crippen molar-refractivity contribution in [2.75, 3.05) is 21.1 Å². The average Bonchev–Trinajstić information content (AvgIpc) is 2.59. The molecule has 9 heavy (non-hydrogen) atoms. The fourth-order valence-electron chi connectivity index (χ4n) is 1.22. The SMILES string of the molecule is CN[C]1C(NC)C1NC. The Morgan fingerprint density at radius 3 is 1.56 bits per heavy atom. The quantitative estimate of drug-likeness (QED) is 0.453. The molecule has 3 heteroatoms. The molecular weight excluding hydrogens is 114 g/mol. The molecule has 0 amide bonds. The van der Waals surface area contributed by atoms with E-state index in [1.54, 1.807) is 0 Å². The summed E-state index contributed by atoms with van der Waals surface area (Å²) in [7, 11) is 5.90. The molecule has 53 valence electrons. The summed E-state index contributed by atoms with van der Waals surface area (Å²) < 4.78 is 0. The molecular formula is C6H14N3. The van der Waals surface area contributed by atoms with Crippen molar-refractivity contribution in [1.82, 2.24) is 16.0 Å². The van der Waals surface area contributed by atoms with Crippen LogP contribution in [0.15, 0.2) is 0 Å². The van der Waals surface area contributed by atoms with Gasteiger partial charge >= 0.3 is 0 Å². The van der Waals surface area contributed by atoms with Gasteiger partial charge in [0.05, 0.1) is 6.04 Å². The van der Waals surface area contributed by atoms with Crippen LogP contribution in [0.25, 0.3) is 0 Å². The highest BCUT2D eigenvalue weighted by molar-refractivity contribution is 5.29. The molecule has 1 saturated carbocycles. The molecule has 1 rings (SSSR count). The van der Waals surface area contributed by atoms with Crippen molar-refractivity contribution >= 4 is 0 Å². The summed E-state index contributed by atoms with van der Waals surface area (Å²) in [4.78, 5) is 0. The lowest BCUT2D eigenvalue weighted by molar-refractivity contribution is 0.708. The van der Waals surface area contributed by atoms with Gasteiger partial charge in [-0.2, -0.15) is 0 Å². The molecule has 1 aliphatic carbocycles. The van der Waals surface area contributed by atoms with Gasteiger partial charge in [0, 0.05) is 12.1 Å². The third-order valence-electron chi connectivity index (χ3n) is 1.81. The summed E-state index contributed by atoms with van der Waals surface area (Å²) in [6.45, 7) is 0. The van der Waals surface area contributed by atoms with Crippen molar-refractivity contribution < 1.29 is 0 Å². The fraction of sp³-hybridized carbons (Fsp3) is 0.833. The van der Waals surface area contributed by atoms with E-state index in [9.17, 15) is 0 Å². The van der Waals surface area contributed by atoms with Gasteiger partial charge in [-0.05, 0) is 21.1 Å². The topological polar surface area (TPSA) is 36.1 Å². The van der Waals surface area contributed by atoms with E-state index in [-0.39, 0.29) is 0 Å². The fourth-order valence-corrected chi connectivity index (χ4v) is 1.22. The molecule has 0 saturated heterocycles. The van der Waals surface area contributed by atoms with Crippen LogP contribution in [0.5, 0.6) is 0 Å². The number of likely N-dealkylation sites (N-methyl/N-ethyl adjacent to an activating group) is 3. The van der Waals surface area contributed by atoms with Gasteiger partial charge in [0.15, 0.2) is 0 Å². The molecule has 1 fully saturated rings. The smallest absolute Gasteiger partial charge is 0.0735 e. The molecule has 1 aliphatic rings. The summed E-state index contributed by atoms with van der Waals surface area (Å²) in [6.07, 6.45) is 0. The van der Waals surface area contributed by atoms with Crippen molar-refractivity contribution in [3.8, 4) is 0 Å². The average molecular weight is 128 g/mol. The van der Waals surface area contributed by atoms with E-state index < -0.39 is 0 Å². The third-order valence-corrected chi connectivity index (χ3v) is 1.81. The molecule has 0 spiro atoms. The van der Waals surface area contributed by atoms with E-state index in [0.29, 0.717) is 12.1 Å². The van der Waals surface area contributed by atoms with Crippen LogP contribution in [0, 0.1) is 6.04 Å². The van der Waals surface area contributed by atoms with Crippen LogP contribution in [0.3, 0.4) is 0 Å². The monoisotopic (exact) mass is 128 g/mol. The molecule has 0 aliphatic heterocycles. The lowest BCUT2D eigenvalue weighted by atomic mass is 10.6. The van der Waals surface area contributed by atoms with E-state index in [1.807, 2.05) is 21.1 Å². The van der Waals surface area contributed by atoms with E-state index in [4.69, 9.17) is 0 Å². The van der Waals surface area contributed by atoms with Crippen molar-refractivity contribution in [1.29, 1.82) is 0 Å². The highest BCUT2D eigenvalue weighted by atomic mass is 15.2. The second-order valence-electron chi connectivity index (χ2n) is 2.24. The zero-order valence-corrected chi connectivity index (χ0v) is 6.15. The van der Waals surface area contributed by atoms with Crippen molar-refractivity contribution in [3.63, 3.8) is 0 Å². The summed E-state index contributed by atoms with van der Waals surface area (Å²) >= 11 is 0. The Labute approximate surface area is 56.2 Å². The third kappa shape index (κ3) is 1.08. The van der Waals surface area contributed by atoms with Gasteiger partial charge in [-0.15, -0.1) is 0 Å². The highest BCUT2D eigenvalue weighted by Crippen LogP contribution is 2.29. The standard InChI is InChI=1S/C6H14N3/c1-7-4-5(8-2)6(4)9-3/h4-5,7-9H,1-3H3. The van der Waals surface area contributed by atoms with E-state index in [1.165, 1.54) is 6.04 Å². The summed E-state index contributed by atoms with van der Waals surface area (Å²) in [5, 5.41) is 9.49.